The molecule has 1 aliphatic heterocycles. The van der Waals surface area contributed by atoms with Gasteiger partial charge in [0, 0.05) is 6.54 Å². The Hall–Kier alpha value is -0.550. The quantitative estimate of drug-likeness (QED) is 0.922. The maximum Gasteiger partial charge on any atom is 0.148 e. The first kappa shape index (κ1) is 11.0. The monoisotopic (exact) mass is 332 g/mol. The maximum absolute atomic E-state index is 5.66. The first-order valence-corrected chi connectivity index (χ1v) is 6.20. The highest BCUT2D eigenvalue weighted by atomic mass is 79.9. The largest absolute Gasteiger partial charge is 0.483 e. The Morgan fingerprint density at radius 2 is 2.07 bits per heavy atom. The van der Waals surface area contributed by atoms with E-state index in [-0.39, 0.29) is 0 Å². The van der Waals surface area contributed by atoms with Gasteiger partial charge in [-0.05, 0) is 44.0 Å². The summed E-state index contributed by atoms with van der Waals surface area (Å²) in [5.41, 5.74) is 0. The van der Waals surface area contributed by atoms with E-state index in [1.807, 2.05) is 18.2 Å². The van der Waals surface area contributed by atoms with E-state index in [9.17, 15) is 0 Å². The molecule has 1 aromatic rings. The summed E-state index contributed by atoms with van der Waals surface area (Å²) < 4.78 is 7.54. The normalized spacial score (nSPS) is 14.7. The SMILES string of the molecule is Brc1cccc(Br)c1OCC1=NCCN1. The molecular formula is C10H10Br2N2O. The van der Waals surface area contributed by atoms with Crippen molar-refractivity contribution in [2.24, 2.45) is 4.99 Å². The Morgan fingerprint density at radius 3 is 2.67 bits per heavy atom. The van der Waals surface area contributed by atoms with Gasteiger partial charge in [0.25, 0.3) is 0 Å². The topological polar surface area (TPSA) is 33.6 Å². The molecule has 0 saturated carbocycles. The number of ether oxygens (including phenoxy) is 1. The zero-order valence-electron chi connectivity index (χ0n) is 7.96. The van der Waals surface area contributed by atoms with Crippen LogP contribution in [0.15, 0.2) is 32.1 Å². The molecule has 0 spiro atoms. The van der Waals surface area contributed by atoms with Gasteiger partial charge < -0.3 is 10.1 Å². The van der Waals surface area contributed by atoms with Crippen LogP contribution in [0, 0.1) is 0 Å². The summed E-state index contributed by atoms with van der Waals surface area (Å²) in [6.07, 6.45) is 0. The Bertz CT molecular complexity index is 373. The summed E-state index contributed by atoms with van der Waals surface area (Å²) in [4.78, 5) is 4.26. The van der Waals surface area contributed by atoms with Crippen LogP contribution in [0.2, 0.25) is 0 Å². The van der Waals surface area contributed by atoms with Crippen molar-refractivity contribution in [2.75, 3.05) is 19.7 Å². The summed E-state index contributed by atoms with van der Waals surface area (Å²) in [5.74, 6) is 1.73. The number of amidine groups is 1. The van der Waals surface area contributed by atoms with E-state index in [0.29, 0.717) is 6.61 Å². The Morgan fingerprint density at radius 1 is 1.33 bits per heavy atom. The minimum absolute atomic E-state index is 0.487. The van der Waals surface area contributed by atoms with E-state index in [1.165, 1.54) is 0 Å². The average molecular weight is 334 g/mol. The smallest absolute Gasteiger partial charge is 0.148 e. The second-order valence-corrected chi connectivity index (χ2v) is 4.80. The third kappa shape index (κ3) is 2.72. The van der Waals surface area contributed by atoms with Crippen LogP contribution in [-0.2, 0) is 0 Å². The summed E-state index contributed by atoms with van der Waals surface area (Å²) in [7, 11) is 0. The third-order valence-corrected chi connectivity index (χ3v) is 3.26. The molecule has 1 aliphatic rings. The first-order chi connectivity index (χ1) is 7.27. The number of nitrogens with zero attached hydrogens (tertiary/aromatic N) is 1. The van der Waals surface area contributed by atoms with Gasteiger partial charge in [-0.25, -0.2) is 0 Å². The van der Waals surface area contributed by atoms with Crippen LogP contribution in [0.5, 0.6) is 5.75 Å². The number of benzene rings is 1. The molecule has 1 N–H and O–H groups in total. The Kier molecular flexibility index (Phi) is 3.64. The number of hydrogen-bond donors (Lipinski definition) is 1. The molecule has 5 heteroatoms. The molecule has 1 aromatic carbocycles. The van der Waals surface area contributed by atoms with Gasteiger partial charge in [-0.3, -0.25) is 4.99 Å². The standard InChI is InChI=1S/C10H10Br2N2O/c11-7-2-1-3-8(12)10(7)15-6-9-13-4-5-14-9/h1-3H,4-6H2,(H,13,14). The highest BCUT2D eigenvalue weighted by Crippen LogP contribution is 2.32. The van der Waals surface area contributed by atoms with E-state index in [4.69, 9.17) is 4.74 Å². The average Bonchev–Trinajstić information content (AvgIpc) is 2.70. The van der Waals surface area contributed by atoms with Crippen molar-refractivity contribution in [3.05, 3.63) is 27.1 Å². The van der Waals surface area contributed by atoms with Crippen molar-refractivity contribution in [1.29, 1.82) is 0 Å². The Balaban J connectivity index is 2.04. The fraction of sp³-hybridized carbons (Fsp3) is 0.300. The van der Waals surface area contributed by atoms with E-state index in [1.54, 1.807) is 0 Å². The van der Waals surface area contributed by atoms with Gasteiger partial charge in [0.15, 0.2) is 0 Å². The van der Waals surface area contributed by atoms with Gasteiger partial charge in [0.2, 0.25) is 0 Å². The molecule has 0 aromatic heterocycles. The van der Waals surface area contributed by atoms with Crippen LogP contribution in [0.25, 0.3) is 0 Å². The highest BCUT2D eigenvalue weighted by molar-refractivity contribution is 9.11. The lowest BCUT2D eigenvalue weighted by Crippen LogP contribution is -2.25. The van der Waals surface area contributed by atoms with Crippen molar-refractivity contribution in [3.63, 3.8) is 0 Å². The molecule has 0 atom stereocenters. The van der Waals surface area contributed by atoms with Gasteiger partial charge >= 0.3 is 0 Å². The lowest BCUT2D eigenvalue weighted by molar-refractivity contribution is 0.369. The molecule has 0 bridgehead atoms. The predicted molar refractivity (Wildman–Crippen MR) is 67.6 cm³/mol. The van der Waals surface area contributed by atoms with Gasteiger partial charge in [0.1, 0.15) is 18.2 Å². The summed E-state index contributed by atoms with van der Waals surface area (Å²) >= 11 is 6.88. The molecule has 0 radical (unpaired) electrons. The van der Waals surface area contributed by atoms with Crippen molar-refractivity contribution < 1.29 is 4.74 Å². The van der Waals surface area contributed by atoms with Crippen molar-refractivity contribution >= 4 is 37.7 Å². The summed E-state index contributed by atoms with van der Waals surface area (Å²) in [6.45, 7) is 2.24. The minimum Gasteiger partial charge on any atom is -0.483 e. The fourth-order valence-electron chi connectivity index (χ4n) is 1.30. The van der Waals surface area contributed by atoms with Crippen LogP contribution in [0.3, 0.4) is 0 Å². The molecule has 0 amide bonds. The lowest BCUT2D eigenvalue weighted by atomic mass is 10.3. The first-order valence-electron chi connectivity index (χ1n) is 4.61. The number of rotatable bonds is 3. The molecule has 2 rings (SSSR count). The second-order valence-electron chi connectivity index (χ2n) is 3.09. The number of aliphatic imine (C=N–C) groups is 1. The van der Waals surface area contributed by atoms with Crippen LogP contribution in [0.4, 0.5) is 0 Å². The van der Waals surface area contributed by atoms with E-state index in [2.05, 4.69) is 42.2 Å². The summed E-state index contributed by atoms with van der Waals surface area (Å²) in [6, 6.07) is 5.85. The molecule has 80 valence electrons. The van der Waals surface area contributed by atoms with Crippen LogP contribution < -0.4 is 10.1 Å². The molecule has 1 heterocycles. The van der Waals surface area contributed by atoms with Gasteiger partial charge in [0.05, 0.1) is 15.5 Å². The third-order valence-electron chi connectivity index (χ3n) is 2.02. The van der Waals surface area contributed by atoms with Crippen molar-refractivity contribution in [1.82, 2.24) is 5.32 Å². The molecule has 15 heavy (non-hydrogen) atoms. The molecule has 0 saturated heterocycles. The lowest BCUT2D eigenvalue weighted by Gasteiger charge is -2.09. The molecular weight excluding hydrogens is 324 g/mol. The van der Waals surface area contributed by atoms with Crippen LogP contribution in [-0.4, -0.2) is 25.5 Å². The zero-order chi connectivity index (χ0) is 10.7. The maximum atomic E-state index is 5.66. The molecule has 0 fully saturated rings. The van der Waals surface area contributed by atoms with Crippen LogP contribution >= 0.6 is 31.9 Å². The van der Waals surface area contributed by atoms with Crippen molar-refractivity contribution in [2.45, 2.75) is 0 Å². The summed E-state index contributed by atoms with van der Waals surface area (Å²) in [5, 5.41) is 3.16. The van der Waals surface area contributed by atoms with Gasteiger partial charge in [-0.1, -0.05) is 6.07 Å². The number of para-hydroxylation sites is 1. The minimum atomic E-state index is 0.487. The van der Waals surface area contributed by atoms with Crippen molar-refractivity contribution in [3.8, 4) is 5.75 Å². The molecule has 0 aliphatic carbocycles. The molecule has 3 nitrogen and oxygen atoms in total. The number of halogens is 2. The Labute approximate surface area is 105 Å². The van der Waals surface area contributed by atoms with E-state index in [0.717, 1.165) is 33.6 Å². The van der Waals surface area contributed by atoms with Crippen LogP contribution in [0.1, 0.15) is 0 Å². The number of nitrogens with one attached hydrogen (secondary N) is 1. The van der Waals surface area contributed by atoms with Gasteiger partial charge in [-0.15, -0.1) is 0 Å². The highest BCUT2D eigenvalue weighted by Gasteiger charge is 2.09. The second kappa shape index (κ2) is 4.99. The van der Waals surface area contributed by atoms with E-state index < -0.39 is 0 Å². The predicted octanol–water partition coefficient (Wildman–Crippen LogP) is 2.59. The van der Waals surface area contributed by atoms with Gasteiger partial charge in [-0.2, -0.15) is 0 Å². The fourth-order valence-corrected chi connectivity index (χ4v) is 2.53. The van der Waals surface area contributed by atoms with E-state index >= 15 is 0 Å². The zero-order valence-corrected chi connectivity index (χ0v) is 11.1. The number of hydrogen-bond acceptors (Lipinski definition) is 3. The molecule has 0 unspecified atom stereocenters.